The molecule has 1 aliphatic carbocycles. The molecule has 2 aliphatic rings. The van der Waals surface area contributed by atoms with Crippen LogP contribution in [0.2, 0.25) is 0 Å². The number of hydrogen-bond donors (Lipinski definition) is 1. The average Bonchev–Trinajstić information content (AvgIpc) is 2.68. The number of benzene rings is 1. The summed E-state index contributed by atoms with van der Waals surface area (Å²) >= 11 is 3.50. The molecule has 0 unspecified atom stereocenters. The van der Waals surface area contributed by atoms with Crippen LogP contribution in [0, 0.1) is 45.3 Å². The lowest BCUT2D eigenvalue weighted by Crippen LogP contribution is -2.47. The zero-order valence-corrected chi connectivity index (χ0v) is 16.7. The number of allylic oxidation sites excluding steroid dienone is 2. The van der Waals surface area contributed by atoms with E-state index in [-0.39, 0.29) is 17.5 Å². The molecule has 1 aromatic rings. The fraction of sp³-hybridized carbons (Fsp3) is 0.381. The van der Waals surface area contributed by atoms with Crippen molar-refractivity contribution in [3.8, 4) is 18.2 Å². The summed E-state index contributed by atoms with van der Waals surface area (Å²) in [6.07, 6.45) is 2.99. The van der Waals surface area contributed by atoms with E-state index in [2.05, 4.69) is 46.0 Å². The summed E-state index contributed by atoms with van der Waals surface area (Å²) in [5.74, 6) is -0.408. The van der Waals surface area contributed by atoms with Crippen molar-refractivity contribution in [2.24, 2.45) is 17.1 Å². The van der Waals surface area contributed by atoms with Crippen LogP contribution in [0.5, 0.6) is 0 Å². The molecule has 0 amide bonds. The molecule has 1 aromatic carbocycles. The van der Waals surface area contributed by atoms with Crippen molar-refractivity contribution < 1.29 is 0 Å². The molecular formula is C21H20BrN5. The molecule has 0 aromatic heterocycles. The maximum absolute atomic E-state index is 9.89. The predicted molar refractivity (Wildman–Crippen MR) is 106 cm³/mol. The van der Waals surface area contributed by atoms with Crippen LogP contribution in [-0.4, -0.2) is 24.5 Å². The Labute approximate surface area is 168 Å². The molecule has 6 heteroatoms. The fourth-order valence-electron chi connectivity index (χ4n) is 4.27. The molecule has 3 rings (SSSR count). The van der Waals surface area contributed by atoms with Crippen LogP contribution in [0.15, 0.2) is 51.7 Å². The molecule has 2 atom stereocenters. The van der Waals surface area contributed by atoms with Gasteiger partial charge in [0.15, 0.2) is 0 Å². The van der Waals surface area contributed by atoms with Gasteiger partial charge in [0.2, 0.25) is 5.41 Å². The average molecular weight is 422 g/mol. The predicted octanol–water partition coefficient (Wildman–Crippen LogP) is 3.58. The van der Waals surface area contributed by atoms with Gasteiger partial charge in [0, 0.05) is 29.4 Å². The third-order valence-corrected chi connectivity index (χ3v) is 5.96. The van der Waals surface area contributed by atoms with Crippen LogP contribution in [0.25, 0.3) is 0 Å². The fourth-order valence-corrected chi connectivity index (χ4v) is 4.69. The molecule has 1 aliphatic heterocycles. The first-order valence-corrected chi connectivity index (χ1v) is 9.72. The van der Waals surface area contributed by atoms with E-state index in [0.717, 1.165) is 28.6 Å². The minimum Gasteiger partial charge on any atom is -0.399 e. The lowest BCUT2D eigenvalue weighted by atomic mass is 9.60. The molecule has 0 spiro atoms. The Morgan fingerprint density at radius 3 is 2.63 bits per heavy atom. The summed E-state index contributed by atoms with van der Waals surface area (Å²) in [4.78, 5) is 2.30. The van der Waals surface area contributed by atoms with Crippen molar-refractivity contribution >= 4 is 15.9 Å². The molecule has 1 heterocycles. The van der Waals surface area contributed by atoms with Crippen LogP contribution in [0.4, 0.5) is 0 Å². The van der Waals surface area contributed by atoms with Gasteiger partial charge in [-0.1, -0.05) is 41.1 Å². The SMILES string of the molecule is CCCN1CC=C2[C@@H](C1)[C@@H](c1cccc(Br)c1)C(C#N)=C(N)C2(C#N)C#N. The summed E-state index contributed by atoms with van der Waals surface area (Å²) in [6, 6.07) is 14.3. The molecule has 0 fully saturated rings. The highest BCUT2D eigenvalue weighted by molar-refractivity contribution is 9.10. The Morgan fingerprint density at radius 1 is 1.30 bits per heavy atom. The second kappa shape index (κ2) is 7.57. The van der Waals surface area contributed by atoms with Gasteiger partial charge in [0.25, 0.3) is 0 Å². The number of rotatable bonds is 3. The maximum atomic E-state index is 9.89. The van der Waals surface area contributed by atoms with Gasteiger partial charge in [-0.05, 0) is 36.2 Å². The maximum Gasteiger partial charge on any atom is 0.204 e. The van der Waals surface area contributed by atoms with E-state index in [0.29, 0.717) is 18.7 Å². The normalized spacial score (nSPS) is 24.2. The van der Waals surface area contributed by atoms with E-state index in [4.69, 9.17) is 5.73 Å². The molecular weight excluding hydrogens is 402 g/mol. The van der Waals surface area contributed by atoms with Crippen molar-refractivity contribution in [1.29, 1.82) is 15.8 Å². The number of nitrogens with two attached hydrogens (primary N) is 1. The second-order valence-electron chi connectivity index (χ2n) is 6.97. The molecule has 136 valence electrons. The van der Waals surface area contributed by atoms with Crippen molar-refractivity contribution in [1.82, 2.24) is 4.90 Å². The summed E-state index contributed by atoms with van der Waals surface area (Å²) < 4.78 is 0.917. The Morgan fingerprint density at radius 2 is 2.04 bits per heavy atom. The van der Waals surface area contributed by atoms with E-state index in [9.17, 15) is 15.8 Å². The Bertz CT molecular complexity index is 927. The van der Waals surface area contributed by atoms with Gasteiger partial charge in [0.05, 0.1) is 29.5 Å². The van der Waals surface area contributed by atoms with Crippen LogP contribution in [0.3, 0.4) is 0 Å². The molecule has 0 saturated carbocycles. The lowest BCUT2D eigenvalue weighted by Gasteiger charge is -2.45. The first-order chi connectivity index (χ1) is 13.0. The highest BCUT2D eigenvalue weighted by atomic mass is 79.9. The standard InChI is InChI=1S/C21H20BrN5/c1-2-7-27-8-6-18-17(11-27)19(14-4-3-5-15(22)9-14)16(10-23)20(26)21(18,12-24)13-25/h3-6,9,17,19H,2,7-8,11,26H2,1H3/t17-,19+/m1/s1. The van der Waals surface area contributed by atoms with Crippen molar-refractivity contribution in [3.05, 3.63) is 57.2 Å². The minimum atomic E-state index is -1.56. The number of nitrogens with zero attached hydrogens (tertiary/aromatic N) is 4. The number of hydrogen-bond acceptors (Lipinski definition) is 5. The van der Waals surface area contributed by atoms with Crippen molar-refractivity contribution in [2.45, 2.75) is 19.3 Å². The Hall–Kier alpha value is -2.59. The molecule has 0 bridgehead atoms. The number of fused-ring (bicyclic) bond motifs is 1. The smallest absolute Gasteiger partial charge is 0.204 e. The topological polar surface area (TPSA) is 101 Å². The van der Waals surface area contributed by atoms with E-state index in [1.165, 1.54) is 0 Å². The van der Waals surface area contributed by atoms with E-state index < -0.39 is 5.41 Å². The number of nitriles is 3. The van der Waals surface area contributed by atoms with Gasteiger partial charge in [-0.3, -0.25) is 4.90 Å². The van der Waals surface area contributed by atoms with Crippen LogP contribution < -0.4 is 5.73 Å². The van der Waals surface area contributed by atoms with Gasteiger partial charge in [-0.15, -0.1) is 0 Å². The van der Waals surface area contributed by atoms with Gasteiger partial charge in [-0.25, -0.2) is 0 Å². The Balaban J connectivity index is 2.26. The molecule has 5 nitrogen and oxygen atoms in total. The Kier molecular flexibility index (Phi) is 5.38. The third kappa shape index (κ3) is 3.04. The number of halogens is 1. The van der Waals surface area contributed by atoms with Gasteiger partial charge < -0.3 is 5.73 Å². The largest absolute Gasteiger partial charge is 0.399 e. The monoisotopic (exact) mass is 421 g/mol. The summed E-state index contributed by atoms with van der Waals surface area (Å²) in [5, 5.41) is 29.6. The van der Waals surface area contributed by atoms with Crippen LogP contribution in [0.1, 0.15) is 24.8 Å². The zero-order chi connectivity index (χ0) is 19.6. The van der Waals surface area contributed by atoms with Crippen molar-refractivity contribution in [2.75, 3.05) is 19.6 Å². The van der Waals surface area contributed by atoms with Gasteiger partial charge in [-0.2, -0.15) is 15.8 Å². The van der Waals surface area contributed by atoms with E-state index in [1.807, 2.05) is 30.3 Å². The molecule has 27 heavy (non-hydrogen) atoms. The first-order valence-electron chi connectivity index (χ1n) is 8.93. The molecule has 0 radical (unpaired) electrons. The second-order valence-corrected chi connectivity index (χ2v) is 7.89. The highest BCUT2D eigenvalue weighted by Crippen LogP contribution is 2.52. The third-order valence-electron chi connectivity index (χ3n) is 5.47. The summed E-state index contributed by atoms with van der Waals surface area (Å²) in [7, 11) is 0. The highest BCUT2D eigenvalue weighted by Gasteiger charge is 2.52. The summed E-state index contributed by atoms with van der Waals surface area (Å²) in [6.45, 7) is 4.43. The minimum absolute atomic E-state index is 0.0754. The summed E-state index contributed by atoms with van der Waals surface area (Å²) in [5.41, 5.74) is 6.85. The van der Waals surface area contributed by atoms with Crippen molar-refractivity contribution in [3.63, 3.8) is 0 Å². The molecule has 0 saturated heterocycles. The molecule has 2 N–H and O–H groups in total. The zero-order valence-electron chi connectivity index (χ0n) is 15.1. The van der Waals surface area contributed by atoms with Gasteiger partial charge >= 0.3 is 0 Å². The first kappa shape index (κ1) is 19.2. The van der Waals surface area contributed by atoms with E-state index >= 15 is 0 Å². The van der Waals surface area contributed by atoms with E-state index in [1.54, 1.807) is 0 Å². The quantitative estimate of drug-likeness (QED) is 0.751. The van der Waals surface area contributed by atoms with Gasteiger partial charge in [0.1, 0.15) is 0 Å². The lowest BCUT2D eigenvalue weighted by molar-refractivity contribution is 0.225. The van der Waals surface area contributed by atoms with Crippen LogP contribution >= 0.6 is 15.9 Å². The van der Waals surface area contributed by atoms with Crippen LogP contribution in [-0.2, 0) is 0 Å².